The summed E-state index contributed by atoms with van der Waals surface area (Å²) in [4.78, 5) is 21.8. The second-order valence-electron chi connectivity index (χ2n) is 4.37. The number of rotatable bonds is 7. The van der Waals surface area contributed by atoms with Crippen molar-refractivity contribution >= 4 is 11.9 Å². The minimum Gasteiger partial charge on any atom is -0.481 e. The predicted molar refractivity (Wildman–Crippen MR) is 66.3 cm³/mol. The van der Waals surface area contributed by atoms with Gasteiger partial charge >= 0.3 is 5.97 Å². The van der Waals surface area contributed by atoms with E-state index in [4.69, 9.17) is 9.84 Å². The van der Waals surface area contributed by atoms with Crippen LogP contribution in [0.4, 0.5) is 8.78 Å². The summed E-state index contributed by atoms with van der Waals surface area (Å²) in [6.45, 7) is 1.43. The first-order valence-electron chi connectivity index (χ1n) is 5.95. The maximum Gasteiger partial charge on any atom is 0.303 e. The van der Waals surface area contributed by atoms with E-state index in [0.29, 0.717) is 6.07 Å². The van der Waals surface area contributed by atoms with Crippen molar-refractivity contribution in [2.45, 2.75) is 13.3 Å². The van der Waals surface area contributed by atoms with E-state index in [-0.39, 0.29) is 24.6 Å². The number of carbonyl (C=O) groups excluding carboxylic acids is 1. The molecule has 0 spiro atoms. The SMILES string of the molecule is CC(CNC(=O)COc1ccc(F)cc1F)CC(=O)O. The Bertz CT molecular complexity index is 493. The second-order valence-corrected chi connectivity index (χ2v) is 4.37. The van der Waals surface area contributed by atoms with Crippen LogP contribution in [-0.4, -0.2) is 30.1 Å². The molecule has 1 aromatic carbocycles. The summed E-state index contributed by atoms with van der Waals surface area (Å²) in [5, 5.41) is 11.0. The van der Waals surface area contributed by atoms with Crippen molar-refractivity contribution in [2.75, 3.05) is 13.2 Å². The normalized spacial score (nSPS) is 11.8. The quantitative estimate of drug-likeness (QED) is 0.798. The fourth-order valence-electron chi connectivity index (χ4n) is 1.44. The number of carboxylic acids is 1. The van der Waals surface area contributed by atoms with Gasteiger partial charge in [-0.3, -0.25) is 9.59 Å². The molecule has 0 aromatic heterocycles. The van der Waals surface area contributed by atoms with Crippen LogP contribution in [0.25, 0.3) is 0 Å². The maximum absolute atomic E-state index is 13.2. The number of halogens is 2. The average molecular weight is 287 g/mol. The standard InChI is InChI=1S/C13H15F2NO4/c1-8(4-13(18)19)6-16-12(17)7-20-11-3-2-9(14)5-10(11)15/h2-3,5,8H,4,6-7H2,1H3,(H,16,17)(H,18,19). The summed E-state index contributed by atoms with van der Waals surface area (Å²) < 4.78 is 30.7. The van der Waals surface area contributed by atoms with Crippen molar-refractivity contribution < 1.29 is 28.2 Å². The van der Waals surface area contributed by atoms with Crippen LogP contribution in [0.3, 0.4) is 0 Å². The van der Waals surface area contributed by atoms with Crippen LogP contribution in [0, 0.1) is 17.6 Å². The van der Waals surface area contributed by atoms with E-state index >= 15 is 0 Å². The van der Waals surface area contributed by atoms with Gasteiger partial charge < -0.3 is 15.2 Å². The molecule has 1 aromatic rings. The van der Waals surface area contributed by atoms with Crippen molar-refractivity contribution in [1.82, 2.24) is 5.32 Å². The molecule has 0 bridgehead atoms. The van der Waals surface area contributed by atoms with Crippen LogP contribution in [-0.2, 0) is 9.59 Å². The zero-order valence-corrected chi connectivity index (χ0v) is 10.9. The maximum atomic E-state index is 13.2. The molecule has 0 saturated heterocycles. The number of hydrogen-bond acceptors (Lipinski definition) is 3. The smallest absolute Gasteiger partial charge is 0.303 e. The number of nitrogens with one attached hydrogen (secondary N) is 1. The van der Waals surface area contributed by atoms with Crippen molar-refractivity contribution in [3.8, 4) is 5.75 Å². The molecule has 1 unspecified atom stereocenters. The Kier molecular flexibility index (Phi) is 5.89. The zero-order valence-electron chi connectivity index (χ0n) is 10.9. The van der Waals surface area contributed by atoms with Crippen molar-refractivity contribution in [1.29, 1.82) is 0 Å². The fourth-order valence-corrected chi connectivity index (χ4v) is 1.44. The number of amides is 1. The molecule has 5 nitrogen and oxygen atoms in total. The highest BCUT2D eigenvalue weighted by atomic mass is 19.1. The Morgan fingerprint density at radius 3 is 2.70 bits per heavy atom. The summed E-state index contributed by atoms with van der Waals surface area (Å²) in [6, 6.07) is 2.76. The first-order chi connectivity index (χ1) is 9.38. The van der Waals surface area contributed by atoms with Gasteiger partial charge in [0.05, 0.1) is 0 Å². The Hall–Kier alpha value is -2.18. The van der Waals surface area contributed by atoms with Crippen LogP contribution in [0.5, 0.6) is 5.75 Å². The van der Waals surface area contributed by atoms with Gasteiger partial charge in [-0.25, -0.2) is 8.78 Å². The van der Waals surface area contributed by atoms with Crippen LogP contribution in [0.2, 0.25) is 0 Å². The summed E-state index contributed by atoms with van der Waals surface area (Å²) in [5.41, 5.74) is 0. The molecule has 1 rings (SSSR count). The topological polar surface area (TPSA) is 75.6 Å². The highest BCUT2D eigenvalue weighted by Crippen LogP contribution is 2.17. The number of ether oxygens (including phenoxy) is 1. The molecule has 0 aliphatic rings. The lowest BCUT2D eigenvalue weighted by molar-refractivity contribution is -0.138. The number of carboxylic acid groups (broad SMARTS) is 1. The van der Waals surface area contributed by atoms with Crippen molar-refractivity contribution in [2.24, 2.45) is 5.92 Å². The molecule has 0 fully saturated rings. The van der Waals surface area contributed by atoms with Gasteiger partial charge in [0.25, 0.3) is 5.91 Å². The van der Waals surface area contributed by atoms with Crippen molar-refractivity contribution in [3.63, 3.8) is 0 Å². The Balaban J connectivity index is 2.34. The van der Waals surface area contributed by atoms with E-state index in [2.05, 4.69) is 5.32 Å². The molecule has 0 aliphatic heterocycles. The summed E-state index contributed by atoms with van der Waals surface area (Å²) in [7, 11) is 0. The zero-order chi connectivity index (χ0) is 15.1. The van der Waals surface area contributed by atoms with Crippen LogP contribution in [0.1, 0.15) is 13.3 Å². The third kappa shape index (κ3) is 5.64. The molecule has 0 aliphatic carbocycles. The van der Waals surface area contributed by atoms with Gasteiger partial charge in [0, 0.05) is 19.0 Å². The largest absolute Gasteiger partial charge is 0.481 e. The van der Waals surface area contributed by atoms with Gasteiger partial charge in [-0.15, -0.1) is 0 Å². The van der Waals surface area contributed by atoms with Gasteiger partial charge in [0.15, 0.2) is 18.2 Å². The Morgan fingerprint density at radius 1 is 1.40 bits per heavy atom. The summed E-state index contributed by atoms with van der Waals surface area (Å²) in [6.07, 6.45) is -0.0618. The summed E-state index contributed by atoms with van der Waals surface area (Å²) in [5.74, 6) is -3.53. The van der Waals surface area contributed by atoms with Gasteiger partial charge in [0.1, 0.15) is 5.82 Å². The lowest BCUT2D eigenvalue weighted by Gasteiger charge is -2.11. The average Bonchev–Trinajstić information content (AvgIpc) is 2.34. The Labute approximate surface area is 114 Å². The molecule has 1 atom stereocenters. The highest BCUT2D eigenvalue weighted by Gasteiger charge is 2.11. The molecule has 2 N–H and O–H groups in total. The third-order valence-corrected chi connectivity index (χ3v) is 2.42. The minimum absolute atomic E-state index is 0.0618. The lowest BCUT2D eigenvalue weighted by atomic mass is 10.1. The minimum atomic E-state index is -0.948. The van der Waals surface area contributed by atoms with Gasteiger partial charge in [0.2, 0.25) is 0 Å². The van der Waals surface area contributed by atoms with E-state index in [1.165, 1.54) is 0 Å². The summed E-state index contributed by atoms with van der Waals surface area (Å²) >= 11 is 0. The predicted octanol–water partition coefficient (Wildman–Crippen LogP) is 1.57. The molecule has 1 amide bonds. The second kappa shape index (κ2) is 7.42. The highest BCUT2D eigenvalue weighted by molar-refractivity contribution is 5.77. The van der Waals surface area contributed by atoms with Gasteiger partial charge in [-0.1, -0.05) is 6.92 Å². The molecule has 0 radical (unpaired) electrons. The van der Waals surface area contributed by atoms with Crippen LogP contribution in [0.15, 0.2) is 18.2 Å². The van der Waals surface area contributed by atoms with E-state index in [1.54, 1.807) is 6.92 Å². The fraction of sp³-hybridized carbons (Fsp3) is 0.385. The molecule has 7 heteroatoms. The van der Waals surface area contributed by atoms with E-state index in [9.17, 15) is 18.4 Å². The van der Waals surface area contributed by atoms with Gasteiger partial charge in [-0.2, -0.15) is 0 Å². The molecule has 0 heterocycles. The van der Waals surface area contributed by atoms with Gasteiger partial charge in [-0.05, 0) is 18.1 Å². The number of hydrogen-bond donors (Lipinski definition) is 2. The molecule has 110 valence electrons. The number of carbonyl (C=O) groups is 2. The van der Waals surface area contributed by atoms with E-state index in [1.807, 2.05) is 0 Å². The molecular weight excluding hydrogens is 272 g/mol. The molecule has 0 saturated carbocycles. The van der Waals surface area contributed by atoms with E-state index < -0.39 is 30.1 Å². The number of benzene rings is 1. The first-order valence-corrected chi connectivity index (χ1v) is 5.95. The monoisotopic (exact) mass is 287 g/mol. The lowest BCUT2D eigenvalue weighted by Crippen LogP contribution is -2.33. The Morgan fingerprint density at radius 2 is 2.10 bits per heavy atom. The van der Waals surface area contributed by atoms with Crippen LogP contribution >= 0.6 is 0 Å². The number of aliphatic carboxylic acids is 1. The van der Waals surface area contributed by atoms with Crippen molar-refractivity contribution in [3.05, 3.63) is 29.8 Å². The molecule has 20 heavy (non-hydrogen) atoms. The third-order valence-electron chi connectivity index (χ3n) is 2.42. The first kappa shape index (κ1) is 15.9. The molecular formula is C13H15F2NO4. The van der Waals surface area contributed by atoms with Crippen LogP contribution < -0.4 is 10.1 Å². The van der Waals surface area contributed by atoms with E-state index in [0.717, 1.165) is 12.1 Å².